The monoisotopic (exact) mass is 314 g/mol. The fraction of sp³-hybridized carbons (Fsp3) is 0.294. The van der Waals surface area contributed by atoms with Crippen molar-refractivity contribution < 1.29 is 19.4 Å². The molecule has 0 spiro atoms. The van der Waals surface area contributed by atoms with Crippen molar-refractivity contribution in [3.8, 4) is 0 Å². The van der Waals surface area contributed by atoms with Crippen LogP contribution in [-0.4, -0.2) is 35.0 Å². The Bertz CT molecular complexity index is 683. The third kappa shape index (κ3) is 2.73. The molecule has 0 bridgehead atoms. The Balaban J connectivity index is 1.85. The molecule has 23 heavy (non-hydrogen) atoms. The Labute approximate surface area is 134 Å². The van der Waals surface area contributed by atoms with E-state index in [1.807, 2.05) is 6.07 Å². The number of rotatable bonds is 4. The Kier molecular flexibility index (Phi) is 3.92. The summed E-state index contributed by atoms with van der Waals surface area (Å²) in [6.45, 7) is 2.07. The van der Waals surface area contributed by atoms with Gasteiger partial charge in [0.05, 0.1) is 12.5 Å². The highest BCUT2D eigenvalue weighted by Gasteiger charge is 2.50. The van der Waals surface area contributed by atoms with Crippen LogP contribution in [0.5, 0.6) is 0 Å². The molecule has 0 unspecified atom stereocenters. The topological polar surface area (TPSA) is 78.9 Å². The van der Waals surface area contributed by atoms with Crippen molar-refractivity contribution in [1.82, 2.24) is 10.2 Å². The van der Waals surface area contributed by atoms with Gasteiger partial charge >= 0.3 is 5.97 Å². The Morgan fingerprint density at radius 1 is 1.39 bits per heavy atom. The van der Waals surface area contributed by atoms with Gasteiger partial charge in [0.25, 0.3) is 5.91 Å². The minimum atomic E-state index is -1.48. The maximum absolute atomic E-state index is 12.2. The Morgan fingerprint density at radius 2 is 2.13 bits per heavy atom. The fourth-order valence-corrected chi connectivity index (χ4v) is 2.89. The van der Waals surface area contributed by atoms with Crippen LogP contribution in [0, 0.1) is 5.92 Å². The van der Waals surface area contributed by atoms with Gasteiger partial charge in [0.2, 0.25) is 0 Å². The van der Waals surface area contributed by atoms with Gasteiger partial charge < -0.3 is 20.1 Å². The molecule has 1 saturated heterocycles. The summed E-state index contributed by atoms with van der Waals surface area (Å²) in [6, 6.07) is 8.99. The van der Waals surface area contributed by atoms with Crippen molar-refractivity contribution in [2.45, 2.75) is 12.6 Å². The van der Waals surface area contributed by atoms with Crippen LogP contribution < -0.4 is 5.32 Å². The molecule has 2 N–H and O–H groups in total. The normalized spacial score (nSPS) is 25.7. The lowest BCUT2D eigenvalue weighted by Crippen LogP contribution is -2.42. The van der Waals surface area contributed by atoms with Gasteiger partial charge in [-0.3, -0.25) is 9.59 Å². The molecule has 1 fully saturated rings. The lowest BCUT2D eigenvalue weighted by molar-refractivity contribution is -0.143. The molecule has 0 aromatic heterocycles. The van der Waals surface area contributed by atoms with Crippen molar-refractivity contribution >= 4 is 11.9 Å². The van der Waals surface area contributed by atoms with Crippen LogP contribution in [0.25, 0.3) is 0 Å². The number of nitrogens with one attached hydrogen (secondary N) is 1. The van der Waals surface area contributed by atoms with E-state index in [1.165, 1.54) is 0 Å². The zero-order valence-electron chi connectivity index (χ0n) is 12.7. The van der Waals surface area contributed by atoms with Gasteiger partial charge in [0.15, 0.2) is 5.72 Å². The highest BCUT2D eigenvalue weighted by molar-refractivity contribution is 5.98. The number of carbonyl (C=O) groups excluding carboxylic acids is 2. The highest BCUT2D eigenvalue weighted by atomic mass is 16.5. The van der Waals surface area contributed by atoms with Crippen molar-refractivity contribution in [2.24, 2.45) is 5.92 Å². The second-order valence-electron chi connectivity index (χ2n) is 5.47. The van der Waals surface area contributed by atoms with E-state index in [4.69, 9.17) is 4.74 Å². The summed E-state index contributed by atoms with van der Waals surface area (Å²) in [5.41, 5.74) is -0.440. The lowest BCUT2D eigenvalue weighted by atomic mass is 9.86. The second-order valence-corrected chi connectivity index (χ2v) is 5.47. The molecular weight excluding hydrogens is 296 g/mol. The van der Waals surface area contributed by atoms with Crippen LogP contribution in [0.3, 0.4) is 0 Å². The van der Waals surface area contributed by atoms with E-state index in [0.717, 1.165) is 0 Å². The summed E-state index contributed by atoms with van der Waals surface area (Å²) in [7, 11) is 0. The molecule has 0 radical (unpaired) electrons. The maximum Gasteiger partial charge on any atom is 0.325 e. The van der Waals surface area contributed by atoms with Gasteiger partial charge in [-0.2, -0.15) is 0 Å². The van der Waals surface area contributed by atoms with Crippen molar-refractivity contribution in [3.63, 3.8) is 0 Å². The van der Waals surface area contributed by atoms with Crippen LogP contribution >= 0.6 is 0 Å². The number of nitrogens with zero attached hydrogens (tertiary/aromatic N) is 1. The Morgan fingerprint density at radius 3 is 2.83 bits per heavy atom. The zero-order valence-corrected chi connectivity index (χ0v) is 12.7. The molecule has 0 saturated carbocycles. The molecule has 120 valence electrons. The van der Waals surface area contributed by atoms with Crippen LogP contribution in [0.4, 0.5) is 0 Å². The van der Waals surface area contributed by atoms with Crippen molar-refractivity contribution in [3.05, 3.63) is 59.9 Å². The number of fused-ring (bicyclic) bond motifs is 1. The number of hydrogen-bond donors (Lipinski definition) is 2. The number of hydrogen-bond acceptors (Lipinski definition) is 5. The largest absolute Gasteiger partial charge is 0.465 e. The van der Waals surface area contributed by atoms with Crippen molar-refractivity contribution in [2.75, 3.05) is 13.2 Å². The summed E-state index contributed by atoms with van der Waals surface area (Å²) in [4.78, 5) is 25.4. The van der Waals surface area contributed by atoms with Gasteiger partial charge in [-0.25, -0.2) is 0 Å². The van der Waals surface area contributed by atoms with Crippen LogP contribution in [0.2, 0.25) is 0 Å². The van der Waals surface area contributed by atoms with Gasteiger partial charge in [-0.1, -0.05) is 36.4 Å². The average Bonchev–Trinajstić information content (AvgIpc) is 2.80. The zero-order chi connectivity index (χ0) is 16.4. The summed E-state index contributed by atoms with van der Waals surface area (Å²) < 4.78 is 4.90. The molecule has 1 aromatic carbocycles. The molecule has 0 aliphatic carbocycles. The number of carbonyl (C=O) groups is 2. The minimum absolute atomic E-state index is 0.0254. The van der Waals surface area contributed by atoms with E-state index in [0.29, 0.717) is 17.7 Å². The molecule has 3 rings (SSSR count). The van der Waals surface area contributed by atoms with E-state index in [1.54, 1.807) is 54.6 Å². The molecule has 2 heterocycles. The van der Waals surface area contributed by atoms with Gasteiger partial charge in [0, 0.05) is 23.5 Å². The minimum Gasteiger partial charge on any atom is -0.465 e. The highest BCUT2D eigenvalue weighted by Crippen LogP contribution is 2.40. The smallest absolute Gasteiger partial charge is 0.325 e. The third-order valence-electron chi connectivity index (χ3n) is 3.96. The first kappa shape index (κ1) is 15.3. The summed E-state index contributed by atoms with van der Waals surface area (Å²) in [5.74, 6) is -1.22. The predicted octanol–water partition coefficient (Wildman–Crippen LogP) is 0.854. The van der Waals surface area contributed by atoms with E-state index < -0.39 is 11.6 Å². The molecule has 6 nitrogen and oxygen atoms in total. The van der Waals surface area contributed by atoms with Crippen LogP contribution in [0.15, 0.2) is 54.4 Å². The van der Waals surface area contributed by atoms with Crippen LogP contribution in [-0.2, 0) is 20.1 Å². The predicted molar refractivity (Wildman–Crippen MR) is 82.5 cm³/mol. The van der Waals surface area contributed by atoms with Gasteiger partial charge in [0.1, 0.15) is 6.54 Å². The number of benzene rings is 1. The second kappa shape index (κ2) is 5.89. The maximum atomic E-state index is 12.2. The number of aliphatic hydroxyl groups is 1. The van der Waals surface area contributed by atoms with E-state index in [9.17, 15) is 14.7 Å². The van der Waals surface area contributed by atoms with E-state index in [-0.39, 0.29) is 18.4 Å². The quantitative estimate of drug-likeness (QED) is 0.806. The summed E-state index contributed by atoms with van der Waals surface area (Å²) in [5, 5.41) is 13.6. The van der Waals surface area contributed by atoms with Gasteiger partial charge in [-0.05, 0) is 6.92 Å². The molecule has 1 amide bonds. The number of amides is 1. The van der Waals surface area contributed by atoms with E-state index >= 15 is 0 Å². The number of esters is 1. The third-order valence-corrected chi connectivity index (χ3v) is 3.96. The molecular formula is C17H18N2O4. The van der Waals surface area contributed by atoms with Gasteiger partial charge in [-0.15, -0.1) is 0 Å². The van der Waals surface area contributed by atoms with E-state index in [2.05, 4.69) is 5.32 Å². The molecule has 1 aromatic rings. The standard InChI is InChI=1S/C17H18N2O4/c1-2-23-15(20)11-19-9-8-14-13(10-19)16(21)18-17(14,22)12-6-4-3-5-7-12/h3-10,14,22H,2,11H2,1H3,(H,18,21)/t14-,17+/m0/s1. The first-order valence-corrected chi connectivity index (χ1v) is 7.46. The van der Waals surface area contributed by atoms with Crippen molar-refractivity contribution in [1.29, 1.82) is 0 Å². The Hall–Kier alpha value is -2.60. The fourth-order valence-electron chi connectivity index (χ4n) is 2.89. The lowest BCUT2D eigenvalue weighted by Gasteiger charge is -2.30. The first-order valence-electron chi connectivity index (χ1n) is 7.46. The average molecular weight is 314 g/mol. The molecule has 2 aliphatic heterocycles. The molecule has 2 atom stereocenters. The van der Waals surface area contributed by atoms with Crippen LogP contribution in [0.1, 0.15) is 12.5 Å². The summed E-state index contributed by atoms with van der Waals surface area (Å²) in [6.07, 6.45) is 4.98. The SMILES string of the molecule is CCOC(=O)CN1C=C[C@H]2C(=C1)C(=O)N[C@@]2(O)c1ccccc1. The molecule has 2 aliphatic rings. The number of ether oxygens (including phenoxy) is 1. The molecule has 6 heteroatoms. The first-order chi connectivity index (χ1) is 11.0. The summed E-state index contributed by atoms with van der Waals surface area (Å²) >= 11 is 0.